The van der Waals surface area contributed by atoms with E-state index in [9.17, 15) is 0 Å². The van der Waals surface area contributed by atoms with Gasteiger partial charge in [-0.15, -0.1) is 0 Å². The van der Waals surface area contributed by atoms with E-state index < -0.39 is 0 Å². The maximum atomic E-state index is 5.16. The van der Waals surface area contributed by atoms with Crippen LogP contribution in [0.25, 0.3) is 0 Å². The van der Waals surface area contributed by atoms with Crippen LogP contribution in [-0.2, 0) is 4.74 Å². The first-order valence-corrected chi connectivity index (χ1v) is 7.92. The zero-order valence-corrected chi connectivity index (χ0v) is 12.4. The van der Waals surface area contributed by atoms with E-state index in [0.717, 1.165) is 31.4 Å². The van der Waals surface area contributed by atoms with Gasteiger partial charge in [0.05, 0.1) is 0 Å². The Balaban J connectivity index is 1.59. The minimum absolute atomic E-state index is 0.707. The lowest BCUT2D eigenvalue weighted by atomic mass is 9.93. The Hall–Kier alpha value is -1.16. The summed E-state index contributed by atoms with van der Waals surface area (Å²) in [6.45, 7) is 3.17. The summed E-state index contributed by atoms with van der Waals surface area (Å²) in [6.07, 6.45) is 9.42. The van der Waals surface area contributed by atoms with Crippen molar-refractivity contribution in [3.63, 3.8) is 0 Å². The Morgan fingerprint density at radius 2 is 2.20 bits per heavy atom. The summed E-state index contributed by atoms with van der Waals surface area (Å²) in [5.41, 5.74) is 1.25. The molecule has 0 amide bonds. The fourth-order valence-corrected chi connectivity index (χ4v) is 3.16. The SMILES string of the molecule is COCCC[C@H]1CCCN(c2cc(C3CC3)ncn2)C1. The standard InChI is InChI=1S/C16H25N3O/c1-20-9-3-5-13-4-2-8-19(11-13)16-10-15(14-6-7-14)17-12-18-16/h10,12-14H,2-9,11H2,1H3/t13-/m1/s1. The minimum atomic E-state index is 0.707. The van der Waals surface area contributed by atoms with Crippen molar-refractivity contribution in [2.45, 2.75) is 44.4 Å². The van der Waals surface area contributed by atoms with Gasteiger partial charge >= 0.3 is 0 Å². The van der Waals surface area contributed by atoms with Crippen LogP contribution < -0.4 is 4.90 Å². The number of piperidine rings is 1. The van der Waals surface area contributed by atoms with Gasteiger partial charge in [0.2, 0.25) is 0 Å². The van der Waals surface area contributed by atoms with Gasteiger partial charge in [-0.2, -0.15) is 0 Å². The third-order valence-electron chi connectivity index (χ3n) is 4.47. The van der Waals surface area contributed by atoms with Crippen LogP contribution in [0.2, 0.25) is 0 Å². The lowest BCUT2D eigenvalue weighted by Crippen LogP contribution is -2.36. The van der Waals surface area contributed by atoms with Crippen LogP contribution in [0, 0.1) is 5.92 Å². The Bertz CT molecular complexity index is 433. The zero-order valence-electron chi connectivity index (χ0n) is 12.4. The summed E-state index contributed by atoms with van der Waals surface area (Å²) in [4.78, 5) is 11.4. The molecule has 110 valence electrons. The van der Waals surface area contributed by atoms with Crippen LogP contribution in [0.5, 0.6) is 0 Å². The maximum Gasteiger partial charge on any atom is 0.132 e. The minimum Gasteiger partial charge on any atom is -0.385 e. The number of hydrogen-bond acceptors (Lipinski definition) is 4. The van der Waals surface area contributed by atoms with E-state index in [1.165, 1.54) is 44.2 Å². The normalized spacial score (nSPS) is 23.1. The molecule has 1 atom stereocenters. The summed E-state index contributed by atoms with van der Waals surface area (Å²) < 4.78 is 5.16. The van der Waals surface area contributed by atoms with E-state index in [4.69, 9.17) is 4.74 Å². The molecule has 1 aliphatic carbocycles. The summed E-state index contributed by atoms with van der Waals surface area (Å²) in [7, 11) is 1.79. The van der Waals surface area contributed by atoms with Gasteiger partial charge in [-0.05, 0) is 44.4 Å². The van der Waals surface area contributed by atoms with E-state index in [2.05, 4.69) is 20.9 Å². The molecule has 4 nitrogen and oxygen atoms in total. The average Bonchev–Trinajstić information content (AvgIpc) is 3.33. The maximum absolute atomic E-state index is 5.16. The second-order valence-corrected chi connectivity index (χ2v) is 6.16. The number of hydrogen-bond donors (Lipinski definition) is 0. The molecule has 0 bridgehead atoms. The third-order valence-corrected chi connectivity index (χ3v) is 4.47. The molecule has 1 aliphatic heterocycles. The van der Waals surface area contributed by atoms with Crippen molar-refractivity contribution in [2.75, 3.05) is 31.7 Å². The number of rotatable bonds is 6. The van der Waals surface area contributed by atoms with Gasteiger partial charge in [0, 0.05) is 44.5 Å². The largest absolute Gasteiger partial charge is 0.385 e. The van der Waals surface area contributed by atoms with Crippen LogP contribution in [-0.4, -0.2) is 36.8 Å². The fraction of sp³-hybridized carbons (Fsp3) is 0.750. The van der Waals surface area contributed by atoms with Crippen LogP contribution in [0.4, 0.5) is 5.82 Å². The number of methoxy groups -OCH3 is 1. The Kier molecular flexibility index (Phi) is 4.51. The van der Waals surface area contributed by atoms with Gasteiger partial charge in [-0.1, -0.05) is 0 Å². The molecule has 2 heterocycles. The highest BCUT2D eigenvalue weighted by atomic mass is 16.5. The highest BCUT2D eigenvalue weighted by molar-refractivity contribution is 5.40. The van der Waals surface area contributed by atoms with Crippen LogP contribution in [0.1, 0.15) is 50.1 Å². The molecule has 20 heavy (non-hydrogen) atoms. The van der Waals surface area contributed by atoms with E-state index >= 15 is 0 Å². The predicted molar refractivity (Wildman–Crippen MR) is 80.1 cm³/mol. The van der Waals surface area contributed by atoms with Crippen molar-refractivity contribution in [1.29, 1.82) is 0 Å². The van der Waals surface area contributed by atoms with Crippen molar-refractivity contribution >= 4 is 5.82 Å². The van der Waals surface area contributed by atoms with Crippen molar-refractivity contribution in [3.8, 4) is 0 Å². The molecular weight excluding hydrogens is 250 g/mol. The molecule has 4 heteroatoms. The lowest BCUT2D eigenvalue weighted by molar-refractivity contribution is 0.184. The van der Waals surface area contributed by atoms with Crippen LogP contribution in [0.3, 0.4) is 0 Å². The summed E-state index contributed by atoms with van der Waals surface area (Å²) in [5, 5.41) is 0. The highest BCUT2D eigenvalue weighted by Gasteiger charge is 2.27. The van der Waals surface area contributed by atoms with E-state index in [1.807, 2.05) is 0 Å². The molecule has 0 aromatic carbocycles. The average molecular weight is 275 g/mol. The van der Waals surface area contributed by atoms with Gasteiger partial charge in [-0.3, -0.25) is 0 Å². The van der Waals surface area contributed by atoms with Crippen molar-refractivity contribution in [1.82, 2.24) is 9.97 Å². The lowest BCUT2D eigenvalue weighted by Gasteiger charge is -2.33. The molecule has 2 aliphatic rings. The molecule has 1 saturated heterocycles. The van der Waals surface area contributed by atoms with Crippen LogP contribution in [0.15, 0.2) is 12.4 Å². The molecule has 0 unspecified atom stereocenters. The molecule has 2 fully saturated rings. The monoisotopic (exact) mass is 275 g/mol. The summed E-state index contributed by atoms with van der Waals surface area (Å²) >= 11 is 0. The number of ether oxygens (including phenoxy) is 1. The van der Waals surface area contributed by atoms with Gasteiger partial charge in [0.15, 0.2) is 0 Å². The molecule has 1 aromatic heterocycles. The van der Waals surface area contributed by atoms with Crippen molar-refractivity contribution in [3.05, 3.63) is 18.1 Å². The topological polar surface area (TPSA) is 38.2 Å². The van der Waals surface area contributed by atoms with E-state index in [0.29, 0.717) is 5.92 Å². The predicted octanol–water partition coefficient (Wildman–Crippen LogP) is 3.00. The second-order valence-electron chi connectivity index (χ2n) is 6.16. The molecule has 0 N–H and O–H groups in total. The van der Waals surface area contributed by atoms with Gasteiger partial charge in [0.1, 0.15) is 12.1 Å². The van der Waals surface area contributed by atoms with Gasteiger partial charge in [-0.25, -0.2) is 9.97 Å². The molecule has 0 spiro atoms. The number of nitrogens with zero attached hydrogens (tertiary/aromatic N) is 3. The molecular formula is C16H25N3O. The first-order valence-electron chi connectivity index (χ1n) is 7.92. The van der Waals surface area contributed by atoms with E-state index in [-0.39, 0.29) is 0 Å². The zero-order chi connectivity index (χ0) is 13.8. The second kappa shape index (κ2) is 6.53. The molecule has 1 aromatic rings. The summed E-state index contributed by atoms with van der Waals surface area (Å²) in [5.74, 6) is 2.63. The smallest absolute Gasteiger partial charge is 0.132 e. The van der Waals surface area contributed by atoms with Crippen molar-refractivity contribution in [2.24, 2.45) is 5.92 Å². The Labute approximate surface area is 121 Å². The first-order chi connectivity index (χ1) is 9.86. The van der Waals surface area contributed by atoms with E-state index in [1.54, 1.807) is 13.4 Å². The Morgan fingerprint density at radius 3 is 3.00 bits per heavy atom. The summed E-state index contributed by atoms with van der Waals surface area (Å²) in [6, 6.07) is 2.22. The Morgan fingerprint density at radius 1 is 1.30 bits per heavy atom. The number of aromatic nitrogens is 2. The molecule has 3 rings (SSSR count). The van der Waals surface area contributed by atoms with Gasteiger partial charge in [0.25, 0.3) is 0 Å². The number of anilines is 1. The molecule has 1 saturated carbocycles. The first kappa shape index (κ1) is 13.8. The van der Waals surface area contributed by atoms with Gasteiger partial charge < -0.3 is 9.64 Å². The fourth-order valence-electron chi connectivity index (χ4n) is 3.16. The van der Waals surface area contributed by atoms with Crippen molar-refractivity contribution < 1.29 is 4.74 Å². The quantitative estimate of drug-likeness (QED) is 0.748. The van der Waals surface area contributed by atoms with Crippen LogP contribution >= 0.6 is 0 Å². The third kappa shape index (κ3) is 3.48. The highest BCUT2D eigenvalue weighted by Crippen LogP contribution is 2.39. The molecule has 0 radical (unpaired) electrons.